The van der Waals surface area contributed by atoms with Crippen molar-refractivity contribution >= 4 is 0 Å². The smallest absolute Gasteiger partial charge is 0.330 e. The molecule has 0 spiro atoms. The molecule has 1 aromatic rings. The normalized spacial score (nSPS) is 28.5. The lowest BCUT2D eigenvalue weighted by Crippen LogP contribution is -2.32. The van der Waals surface area contributed by atoms with Gasteiger partial charge in [-0.05, 0) is 0 Å². The monoisotopic (exact) mass is 244 g/mol. The Hall–Kier alpha value is -1.64. The highest BCUT2D eigenvalue weighted by Crippen LogP contribution is 2.27. The van der Waals surface area contributed by atoms with Crippen LogP contribution in [0.3, 0.4) is 0 Å². The van der Waals surface area contributed by atoms with E-state index in [0.717, 1.165) is 10.8 Å². The molecule has 94 valence electrons. The van der Waals surface area contributed by atoms with Crippen LogP contribution >= 0.6 is 0 Å². The number of nitrogens with zero attached hydrogens (tertiary/aromatic N) is 1. The molecule has 2 rings (SSSR count). The van der Waals surface area contributed by atoms with Gasteiger partial charge in [0.1, 0.15) is 12.3 Å². The Bertz CT molecular complexity index is 521. The number of rotatable bonds is 2. The van der Waals surface area contributed by atoms with E-state index in [4.69, 9.17) is 9.84 Å². The Balaban J connectivity index is 2.34. The number of aromatic hydroxyl groups is 1. The second-order valence-corrected chi connectivity index (χ2v) is 3.80. The highest BCUT2D eigenvalue weighted by atomic mass is 16.5. The summed E-state index contributed by atoms with van der Waals surface area (Å²) in [7, 11) is 0. The topological polar surface area (TPSA) is 125 Å². The first-order valence-corrected chi connectivity index (χ1v) is 5.01. The minimum absolute atomic E-state index is 0.0939. The van der Waals surface area contributed by atoms with Gasteiger partial charge < -0.3 is 20.1 Å². The lowest BCUT2D eigenvalue weighted by molar-refractivity contribution is -0.0460. The van der Waals surface area contributed by atoms with Gasteiger partial charge in [0, 0.05) is 6.42 Å². The molecular weight excluding hydrogens is 232 g/mol. The Kier molecular flexibility index (Phi) is 3.01. The molecule has 0 bridgehead atoms. The lowest BCUT2D eigenvalue weighted by Gasteiger charge is -2.14. The fourth-order valence-electron chi connectivity index (χ4n) is 1.74. The average molecular weight is 244 g/mol. The fourth-order valence-corrected chi connectivity index (χ4v) is 1.74. The van der Waals surface area contributed by atoms with Crippen molar-refractivity contribution in [2.45, 2.75) is 24.9 Å². The molecule has 0 aliphatic carbocycles. The first-order chi connectivity index (χ1) is 8.02. The van der Waals surface area contributed by atoms with Gasteiger partial charge in [0.15, 0.2) is 5.75 Å². The number of hydrogen-bond donors (Lipinski definition) is 4. The number of aromatic nitrogens is 2. The van der Waals surface area contributed by atoms with E-state index in [1.807, 2.05) is 4.98 Å². The molecule has 2 heterocycles. The zero-order valence-electron chi connectivity index (χ0n) is 8.74. The van der Waals surface area contributed by atoms with Crippen molar-refractivity contribution in [3.8, 4) is 5.75 Å². The summed E-state index contributed by atoms with van der Waals surface area (Å²) < 4.78 is 6.18. The van der Waals surface area contributed by atoms with Crippen molar-refractivity contribution in [3.05, 3.63) is 27.0 Å². The van der Waals surface area contributed by atoms with Gasteiger partial charge in [-0.1, -0.05) is 0 Å². The SMILES string of the molecule is O=c1[nH]c(=O)n(C2CC(O)C(CO)O2)cc1O. The maximum absolute atomic E-state index is 11.5. The summed E-state index contributed by atoms with van der Waals surface area (Å²) in [4.78, 5) is 24.3. The Morgan fingerprint density at radius 3 is 2.82 bits per heavy atom. The van der Waals surface area contributed by atoms with Crippen molar-refractivity contribution in [2.24, 2.45) is 0 Å². The van der Waals surface area contributed by atoms with Gasteiger partial charge in [-0.3, -0.25) is 14.3 Å². The predicted molar refractivity (Wildman–Crippen MR) is 54.6 cm³/mol. The van der Waals surface area contributed by atoms with E-state index in [1.54, 1.807) is 0 Å². The molecular formula is C9H12N2O6. The van der Waals surface area contributed by atoms with Crippen LogP contribution in [0.4, 0.5) is 0 Å². The van der Waals surface area contributed by atoms with Crippen LogP contribution in [0.2, 0.25) is 0 Å². The second kappa shape index (κ2) is 4.32. The van der Waals surface area contributed by atoms with E-state index in [2.05, 4.69) is 0 Å². The molecule has 17 heavy (non-hydrogen) atoms. The summed E-state index contributed by atoms with van der Waals surface area (Å²) in [6.07, 6.45) is -1.46. The molecule has 0 aromatic carbocycles. The van der Waals surface area contributed by atoms with Gasteiger partial charge in [0.2, 0.25) is 0 Å². The van der Waals surface area contributed by atoms with Crippen LogP contribution in [0, 0.1) is 0 Å². The standard InChI is InChI=1S/C9H12N2O6/c12-3-6-4(13)1-7(17-6)11-2-5(14)8(15)10-9(11)16/h2,4,6-7,12-14H,1,3H2,(H,10,15,16). The number of H-pyrrole nitrogens is 1. The van der Waals surface area contributed by atoms with Gasteiger partial charge in [0.05, 0.1) is 18.9 Å². The number of aromatic amines is 1. The third-order valence-electron chi connectivity index (χ3n) is 2.64. The number of nitrogens with one attached hydrogen (secondary N) is 1. The number of aliphatic hydroxyl groups is 2. The van der Waals surface area contributed by atoms with Gasteiger partial charge in [-0.25, -0.2) is 4.79 Å². The molecule has 1 saturated heterocycles. The maximum Gasteiger partial charge on any atom is 0.330 e. The minimum atomic E-state index is -0.897. The third kappa shape index (κ3) is 2.09. The maximum atomic E-state index is 11.5. The lowest BCUT2D eigenvalue weighted by atomic mass is 10.2. The van der Waals surface area contributed by atoms with Gasteiger partial charge >= 0.3 is 5.69 Å². The average Bonchev–Trinajstić information content (AvgIpc) is 2.65. The summed E-state index contributed by atoms with van der Waals surface area (Å²) in [5.74, 6) is -0.616. The molecule has 0 saturated carbocycles. The second-order valence-electron chi connectivity index (χ2n) is 3.80. The Morgan fingerprint density at radius 1 is 1.53 bits per heavy atom. The Morgan fingerprint density at radius 2 is 2.24 bits per heavy atom. The molecule has 4 N–H and O–H groups in total. The van der Waals surface area contributed by atoms with Gasteiger partial charge in [-0.2, -0.15) is 0 Å². The van der Waals surface area contributed by atoms with Crippen LogP contribution in [0.1, 0.15) is 12.6 Å². The molecule has 0 amide bonds. The van der Waals surface area contributed by atoms with Crippen molar-refractivity contribution in [1.29, 1.82) is 0 Å². The number of ether oxygens (including phenoxy) is 1. The first-order valence-electron chi connectivity index (χ1n) is 5.01. The summed E-state index contributed by atoms with van der Waals surface area (Å²) >= 11 is 0. The summed E-state index contributed by atoms with van der Waals surface area (Å²) in [5, 5.41) is 27.6. The molecule has 3 unspecified atom stereocenters. The molecule has 1 aliphatic rings. The highest BCUT2D eigenvalue weighted by molar-refractivity contribution is 5.09. The molecule has 1 aliphatic heterocycles. The van der Waals surface area contributed by atoms with Gasteiger partial charge in [-0.15, -0.1) is 0 Å². The van der Waals surface area contributed by atoms with Crippen LogP contribution in [-0.4, -0.2) is 43.7 Å². The molecule has 8 heteroatoms. The highest BCUT2D eigenvalue weighted by Gasteiger charge is 2.35. The van der Waals surface area contributed by atoms with E-state index in [0.29, 0.717) is 0 Å². The first kappa shape index (κ1) is 11.8. The molecule has 3 atom stereocenters. The third-order valence-corrected chi connectivity index (χ3v) is 2.64. The van der Waals surface area contributed by atoms with E-state index in [-0.39, 0.29) is 13.0 Å². The van der Waals surface area contributed by atoms with E-state index >= 15 is 0 Å². The zero-order valence-corrected chi connectivity index (χ0v) is 8.74. The largest absolute Gasteiger partial charge is 0.502 e. The quantitative estimate of drug-likeness (QED) is 0.471. The summed E-state index contributed by atoms with van der Waals surface area (Å²) in [5.41, 5.74) is -1.63. The zero-order chi connectivity index (χ0) is 12.6. The molecule has 0 radical (unpaired) electrons. The predicted octanol–water partition coefficient (Wildman–Crippen LogP) is -2.12. The minimum Gasteiger partial charge on any atom is -0.502 e. The van der Waals surface area contributed by atoms with Crippen LogP contribution in [0.5, 0.6) is 5.75 Å². The van der Waals surface area contributed by atoms with Crippen molar-refractivity contribution in [3.63, 3.8) is 0 Å². The molecule has 1 aromatic heterocycles. The molecule has 8 nitrogen and oxygen atoms in total. The number of aliphatic hydroxyl groups excluding tert-OH is 2. The fraction of sp³-hybridized carbons (Fsp3) is 0.556. The van der Waals surface area contributed by atoms with Crippen LogP contribution < -0.4 is 11.2 Å². The van der Waals surface area contributed by atoms with E-state index < -0.39 is 35.4 Å². The number of hydrogen-bond acceptors (Lipinski definition) is 6. The summed E-state index contributed by atoms with van der Waals surface area (Å²) in [6.45, 7) is -0.373. The van der Waals surface area contributed by atoms with Crippen LogP contribution in [0.15, 0.2) is 15.8 Å². The van der Waals surface area contributed by atoms with Gasteiger partial charge in [0.25, 0.3) is 5.56 Å². The van der Waals surface area contributed by atoms with E-state index in [1.165, 1.54) is 0 Å². The van der Waals surface area contributed by atoms with Crippen molar-refractivity contribution in [2.75, 3.05) is 6.61 Å². The van der Waals surface area contributed by atoms with E-state index in [9.17, 15) is 19.8 Å². The van der Waals surface area contributed by atoms with Crippen LogP contribution in [-0.2, 0) is 4.74 Å². The molecule has 1 fully saturated rings. The van der Waals surface area contributed by atoms with Crippen molar-refractivity contribution in [1.82, 2.24) is 9.55 Å². The summed E-state index contributed by atoms with van der Waals surface area (Å²) in [6, 6.07) is 0. The Labute approximate surface area is 94.7 Å². The van der Waals surface area contributed by atoms with Crippen molar-refractivity contribution < 1.29 is 20.1 Å². The van der Waals surface area contributed by atoms with Crippen LogP contribution in [0.25, 0.3) is 0 Å².